The van der Waals surface area contributed by atoms with E-state index in [0.29, 0.717) is 12.5 Å². The van der Waals surface area contributed by atoms with E-state index in [1.165, 1.54) is 5.56 Å². The van der Waals surface area contributed by atoms with Crippen LogP contribution in [0, 0.1) is 5.92 Å². The van der Waals surface area contributed by atoms with Crippen LogP contribution < -0.4 is 11.1 Å². The lowest BCUT2D eigenvalue weighted by Crippen LogP contribution is -2.49. The molecule has 0 radical (unpaired) electrons. The van der Waals surface area contributed by atoms with Crippen molar-refractivity contribution in [1.82, 2.24) is 10.2 Å². The molecule has 1 saturated heterocycles. The van der Waals surface area contributed by atoms with Gasteiger partial charge in [0.05, 0.1) is 0 Å². The van der Waals surface area contributed by atoms with Gasteiger partial charge in [0, 0.05) is 25.2 Å². The average Bonchev–Trinajstić information content (AvgIpc) is 2.87. The smallest absolute Gasteiger partial charge is 0.405 e. The maximum absolute atomic E-state index is 10.9. The topological polar surface area (TPSA) is 78.6 Å². The summed E-state index contributed by atoms with van der Waals surface area (Å²) in [6, 6.07) is 8.35. The number of hydrogen-bond donors (Lipinski definition) is 3. The van der Waals surface area contributed by atoms with Crippen LogP contribution in [0.1, 0.15) is 31.4 Å². The number of rotatable bonds is 5. The second-order valence-electron chi connectivity index (χ2n) is 6.40. The van der Waals surface area contributed by atoms with E-state index in [-0.39, 0.29) is 5.54 Å². The Morgan fingerprint density at radius 3 is 2.86 bits per heavy atom. The molecule has 21 heavy (non-hydrogen) atoms. The minimum absolute atomic E-state index is 0.339. The first-order valence-corrected chi connectivity index (χ1v) is 7.42. The fourth-order valence-corrected chi connectivity index (χ4v) is 3.06. The van der Waals surface area contributed by atoms with Crippen LogP contribution in [-0.2, 0) is 13.1 Å². The highest BCUT2D eigenvalue weighted by Crippen LogP contribution is 2.28. The van der Waals surface area contributed by atoms with E-state index in [1.54, 1.807) is 0 Å². The molecule has 1 heterocycles. The summed E-state index contributed by atoms with van der Waals surface area (Å²) in [6.45, 7) is 7.30. The largest absolute Gasteiger partial charge is 0.465 e. The summed E-state index contributed by atoms with van der Waals surface area (Å²) < 4.78 is 0. The molecule has 1 amide bonds. The minimum Gasteiger partial charge on any atom is -0.465 e. The van der Waals surface area contributed by atoms with Gasteiger partial charge in [-0.05, 0) is 43.9 Å². The van der Waals surface area contributed by atoms with Crippen LogP contribution in [0.3, 0.4) is 0 Å². The van der Waals surface area contributed by atoms with Crippen LogP contribution in [-0.4, -0.2) is 34.7 Å². The van der Waals surface area contributed by atoms with Crippen molar-refractivity contribution in [2.24, 2.45) is 11.7 Å². The highest BCUT2D eigenvalue weighted by molar-refractivity contribution is 5.65. The molecule has 1 fully saturated rings. The molecule has 5 heteroatoms. The predicted molar refractivity (Wildman–Crippen MR) is 83.0 cm³/mol. The maximum Gasteiger partial charge on any atom is 0.405 e. The lowest BCUT2D eigenvalue weighted by atomic mass is 9.87. The molecule has 0 aromatic heterocycles. The summed E-state index contributed by atoms with van der Waals surface area (Å²) in [7, 11) is 0. The number of carbonyl (C=O) groups is 1. The van der Waals surface area contributed by atoms with E-state index in [2.05, 4.69) is 22.3 Å². The molecule has 4 N–H and O–H groups in total. The first-order chi connectivity index (χ1) is 9.90. The Labute approximate surface area is 126 Å². The Morgan fingerprint density at radius 1 is 1.48 bits per heavy atom. The van der Waals surface area contributed by atoms with Crippen molar-refractivity contribution in [3.8, 4) is 0 Å². The number of nitrogens with one attached hydrogen (secondary N) is 1. The van der Waals surface area contributed by atoms with Gasteiger partial charge in [0.25, 0.3) is 0 Å². The second-order valence-corrected chi connectivity index (χ2v) is 6.40. The van der Waals surface area contributed by atoms with Crippen LogP contribution in [0.15, 0.2) is 24.3 Å². The zero-order valence-corrected chi connectivity index (χ0v) is 12.8. The number of carboxylic acid groups (broad SMARTS) is 1. The van der Waals surface area contributed by atoms with Gasteiger partial charge in [-0.3, -0.25) is 4.90 Å². The van der Waals surface area contributed by atoms with Crippen molar-refractivity contribution in [3.05, 3.63) is 35.4 Å². The predicted octanol–water partition coefficient (Wildman–Crippen LogP) is 2.01. The average molecular weight is 291 g/mol. The van der Waals surface area contributed by atoms with Gasteiger partial charge in [-0.25, -0.2) is 4.79 Å². The summed E-state index contributed by atoms with van der Waals surface area (Å²) in [4.78, 5) is 13.3. The van der Waals surface area contributed by atoms with Crippen molar-refractivity contribution in [2.45, 2.75) is 38.9 Å². The van der Waals surface area contributed by atoms with E-state index in [1.807, 2.05) is 26.0 Å². The zero-order valence-electron chi connectivity index (χ0n) is 12.8. The lowest BCUT2D eigenvalue weighted by molar-refractivity contribution is 0.166. The van der Waals surface area contributed by atoms with E-state index in [0.717, 1.165) is 31.6 Å². The first kappa shape index (κ1) is 15.8. The molecular formula is C16H25N3O2. The van der Waals surface area contributed by atoms with Gasteiger partial charge >= 0.3 is 6.09 Å². The number of hydrogen-bond acceptors (Lipinski definition) is 3. The van der Waals surface area contributed by atoms with Gasteiger partial charge in [0.15, 0.2) is 0 Å². The monoisotopic (exact) mass is 291 g/mol. The van der Waals surface area contributed by atoms with Crippen molar-refractivity contribution >= 4 is 6.09 Å². The second kappa shape index (κ2) is 6.45. The summed E-state index contributed by atoms with van der Waals surface area (Å²) >= 11 is 0. The molecule has 1 aromatic rings. The molecule has 2 rings (SSSR count). The van der Waals surface area contributed by atoms with Crippen LogP contribution in [0.5, 0.6) is 0 Å². The summed E-state index contributed by atoms with van der Waals surface area (Å²) in [6.07, 6.45) is 0.0678. The molecule has 0 aliphatic carbocycles. The molecule has 1 aliphatic heterocycles. The Bertz CT molecular complexity index is 502. The standard InChI is InChI=1S/C16H25N3O2/c1-16(2,18-15(20)21)14-6-7-19(11-14)10-13-5-3-4-12(8-13)9-17/h3-5,8,14,18H,6-7,9-11,17H2,1-2H3,(H,20,21). The molecule has 1 aliphatic rings. The van der Waals surface area contributed by atoms with Gasteiger partial charge in [-0.15, -0.1) is 0 Å². The summed E-state index contributed by atoms with van der Waals surface area (Å²) in [5, 5.41) is 11.6. The highest BCUT2D eigenvalue weighted by Gasteiger charge is 2.36. The molecule has 1 unspecified atom stereocenters. The Balaban J connectivity index is 1.94. The fraction of sp³-hybridized carbons (Fsp3) is 0.562. The van der Waals surface area contributed by atoms with Gasteiger partial charge < -0.3 is 16.2 Å². The number of amides is 1. The molecular weight excluding hydrogens is 266 g/mol. The van der Waals surface area contributed by atoms with Crippen LogP contribution in [0.2, 0.25) is 0 Å². The van der Waals surface area contributed by atoms with Crippen LogP contribution in [0.4, 0.5) is 4.79 Å². The minimum atomic E-state index is -0.950. The van der Waals surface area contributed by atoms with Gasteiger partial charge in [-0.1, -0.05) is 24.3 Å². The molecule has 0 saturated carbocycles. The number of nitrogens with two attached hydrogens (primary N) is 1. The summed E-state index contributed by atoms with van der Waals surface area (Å²) in [5.74, 6) is 0.339. The van der Waals surface area contributed by atoms with Gasteiger partial charge in [-0.2, -0.15) is 0 Å². The lowest BCUT2D eigenvalue weighted by Gasteiger charge is -2.31. The van der Waals surface area contributed by atoms with Crippen molar-refractivity contribution in [3.63, 3.8) is 0 Å². The number of likely N-dealkylation sites (tertiary alicyclic amines) is 1. The molecule has 0 spiro atoms. The van der Waals surface area contributed by atoms with Crippen LogP contribution >= 0.6 is 0 Å². The van der Waals surface area contributed by atoms with E-state index < -0.39 is 6.09 Å². The van der Waals surface area contributed by atoms with Gasteiger partial charge in [0.1, 0.15) is 0 Å². The Kier molecular flexibility index (Phi) is 4.85. The number of benzene rings is 1. The van der Waals surface area contributed by atoms with Crippen LogP contribution in [0.25, 0.3) is 0 Å². The Morgan fingerprint density at radius 2 is 2.19 bits per heavy atom. The van der Waals surface area contributed by atoms with Crippen molar-refractivity contribution in [1.29, 1.82) is 0 Å². The van der Waals surface area contributed by atoms with Crippen molar-refractivity contribution < 1.29 is 9.90 Å². The molecule has 0 bridgehead atoms. The molecule has 5 nitrogen and oxygen atoms in total. The van der Waals surface area contributed by atoms with E-state index >= 15 is 0 Å². The molecule has 116 valence electrons. The highest BCUT2D eigenvalue weighted by atomic mass is 16.4. The molecule has 1 aromatic carbocycles. The fourth-order valence-electron chi connectivity index (χ4n) is 3.06. The third-order valence-electron chi connectivity index (χ3n) is 4.36. The van der Waals surface area contributed by atoms with Gasteiger partial charge in [0.2, 0.25) is 0 Å². The zero-order chi connectivity index (χ0) is 15.5. The Hall–Kier alpha value is -1.59. The molecule has 1 atom stereocenters. The summed E-state index contributed by atoms with van der Waals surface area (Å²) in [5.41, 5.74) is 7.70. The maximum atomic E-state index is 10.9. The van der Waals surface area contributed by atoms with E-state index in [9.17, 15) is 4.79 Å². The first-order valence-electron chi connectivity index (χ1n) is 7.42. The normalized spacial score (nSPS) is 19.7. The third-order valence-corrected chi connectivity index (χ3v) is 4.36. The quantitative estimate of drug-likeness (QED) is 0.775. The SMILES string of the molecule is CC(C)(NC(=O)O)C1CCN(Cc2cccc(CN)c2)C1. The third kappa shape index (κ3) is 4.19. The van der Waals surface area contributed by atoms with Crippen molar-refractivity contribution in [2.75, 3.05) is 13.1 Å². The number of nitrogens with zero attached hydrogens (tertiary/aromatic N) is 1. The van der Waals surface area contributed by atoms with E-state index in [4.69, 9.17) is 10.8 Å².